The molecule has 0 saturated heterocycles. The molecule has 0 aliphatic rings. The number of nitrogen functional groups attached to an aromatic ring is 1. The Labute approximate surface area is 662 Å². The van der Waals surface area contributed by atoms with Crippen LogP contribution in [-0.2, 0) is 42.6 Å². The van der Waals surface area contributed by atoms with Crippen molar-refractivity contribution < 1.29 is 45.6 Å². The van der Waals surface area contributed by atoms with E-state index in [1.807, 2.05) is 75.4 Å². The summed E-state index contributed by atoms with van der Waals surface area (Å²) in [7, 11) is -2.53. The van der Waals surface area contributed by atoms with E-state index in [4.69, 9.17) is 64.3 Å². The van der Waals surface area contributed by atoms with E-state index in [9.17, 15) is 25.3 Å². The molecule has 6 heterocycles. The second-order valence-corrected chi connectivity index (χ2v) is 34.6. The minimum Gasteiger partial charge on any atom is -0.497 e. The van der Waals surface area contributed by atoms with Crippen molar-refractivity contribution in [2.24, 2.45) is 11.5 Å². The molecule has 26 nitrogen and oxygen atoms in total. The van der Waals surface area contributed by atoms with Crippen molar-refractivity contribution in [1.82, 2.24) is 49.8 Å². The number of methoxy groups -OCH3 is 4. The number of nitrogens with one attached hydrogen (secondary N) is 3. The molecule has 2 aromatic carbocycles. The second kappa shape index (κ2) is 49.2. The zero-order chi connectivity index (χ0) is 78.8. The first-order chi connectivity index (χ1) is 49.3. The van der Waals surface area contributed by atoms with Crippen molar-refractivity contribution in [3.8, 4) is 23.0 Å². The predicted octanol–water partition coefficient (Wildman–Crippen LogP) is 15.7. The molecule has 0 saturated carbocycles. The van der Waals surface area contributed by atoms with Crippen LogP contribution < -0.4 is 52.1 Å². The fraction of sp³-hybridized carbons (Fsp3) is 0.566. The van der Waals surface area contributed by atoms with Crippen LogP contribution in [0, 0.1) is 0 Å². The van der Waals surface area contributed by atoms with E-state index in [2.05, 4.69) is 116 Å². The van der Waals surface area contributed by atoms with E-state index in [1.165, 1.54) is 18.8 Å². The van der Waals surface area contributed by atoms with E-state index in [0.717, 1.165) is 87.0 Å². The molecule has 32 heteroatoms. The van der Waals surface area contributed by atoms with Gasteiger partial charge < -0.3 is 52.1 Å². The molecule has 8 rings (SSSR count). The summed E-state index contributed by atoms with van der Waals surface area (Å²) in [5.74, 6) is 5.11. The van der Waals surface area contributed by atoms with Gasteiger partial charge in [0.05, 0.1) is 62.2 Å². The SMILES string of the molecule is C.C.CCCC[C@@](C)(CCS(C)(=O)=O)Nc1nc(N)nc2cccnc12.CCCC[C@@](C)(CCS(C)(=O)=O)Nc1nc(NCc2ccc(OC)cc2OC)nc2cccnc12.CCCC[C@@](C)(N)CCS(C)(=O)=O.CCN(C(C)C)C(C)C.COc1ccc(CN)c(OC)c1.Cl.Clc1nc(Cl)c2ncccc2n1.[2HH]. The van der Waals surface area contributed by atoms with Crippen LogP contribution in [0.5, 0.6) is 23.0 Å². The fourth-order valence-corrected chi connectivity index (χ4v) is 13.7. The van der Waals surface area contributed by atoms with Crippen LogP contribution in [0.4, 0.5) is 23.5 Å². The standard InChI is InChI=1S/C25H35N5O4S.C16H25N5O2S.C9H21NO2S.C9H13NO2.C8H19N.C7H3Cl2N3.2CH4.ClH.H2/c1-6-7-12-25(2,13-15-35(5,31)32)30-23-22-20(9-8-14-26-22)28-24(29-23)27-17-18-10-11-19(33-3)16-21(18)34-4;1-4-5-8-16(2,9-11-24(3,22)23)21-14-13-12(7-6-10-18-13)19-15(17)20-14;1-4-5-6-9(2,10)7-8-13(3,11)12;1-11-8-4-3-7(6-10)9(5-8)12-2;1-6-9(7(2)3)8(4)5;8-6-5-4(2-1-3-10-5)11-7(9)12-6;;;;/h8-11,14,16H,6-7,12-13,15,17H2,1-5H3,(H2,27,28,29,30);6-7,10H,4-5,8-9,11H2,1-3H3,(H3,17,19,20,21);4-8,10H2,1-3H3;3-5H,6,10H2,1-2H3;7-8H,6H2,1-5H3;1-3H;2*1H4;2*1H/t25-;16-;9-;;;;;;;/m001......./s1/i;;;;;;;;;1+1. The molecule has 0 fully saturated rings. The second-order valence-electron chi connectivity index (χ2n) is 27.1. The van der Waals surface area contributed by atoms with Gasteiger partial charge in [0.25, 0.3) is 0 Å². The maximum absolute atomic E-state index is 11.9. The van der Waals surface area contributed by atoms with E-state index < -0.39 is 40.6 Å². The number of anilines is 4. The van der Waals surface area contributed by atoms with Crippen molar-refractivity contribution in [1.29, 1.82) is 0 Å². The summed E-state index contributed by atoms with van der Waals surface area (Å²) >= 11 is 11.4. The largest absolute Gasteiger partial charge is 0.497 e. The maximum Gasteiger partial charge on any atom is 0.225 e. The highest BCUT2D eigenvalue weighted by atomic mass is 35.5. The number of hydrogen-bond donors (Lipinski definition) is 6. The van der Waals surface area contributed by atoms with E-state index in [-0.39, 0.29) is 67.9 Å². The molecule has 9 N–H and O–H groups in total. The number of nitrogens with two attached hydrogens (primary N) is 3. The summed E-state index contributed by atoms with van der Waals surface area (Å²) < 4.78 is 89.7. The Balaban J connectivity index is 0. The Bertz CT molecular complexity index is 4310. The van der Waals surface area contributed by atoms with Crippen LogP contribution in [0.1, 0.15) is 181 Å². The van der Waals surface area contributed by atoms with Crippen LogP contribution >= 0.6 is 35.6 Å². The third-order valence-corrected chi connectivity index (χ3v) is 20.1. The highest BCUT2D eigenvalue weighted by Gasteiger charge is 2.29. The smallest absolute Gasteiger partial charge is 0.225 e. The first kappa shape index (κ1) is 101. The fourth-order valence-electron chi connectivity index (χ4n) is 10.8. The molecule has 3 atom stereocenters. The summed E-state index contributed by atoms with van der Waals surface area (Å²) in [4.78, 5) is 40.8. The summed E-state index contributed by atoms with van der Waals surface area (Å²) in [6.45, 7) is 25.6. The van der Waals surface area contributed by atoms with Gasteiger partial charge in [-0.05, 0) is 160 Å². The minimum absolute atomic E-state index is 0. The molecule has 8 aromatic rings. The molecule has 0 radical (unpaired) electrons. The van der Waals surface area contributed by atoms with Crippen LogP contribution in [0.2, 0.25) is 10.4 Å². The molecule has 0 unspecified atom stereocenters. The molecular weight excluding hydrogens is 1500 g/mol. The molecule has 6 aromatic heterocycles. The zero-order valence-corrected chi connectivity index (χ0v) is 70.0. The summed E-state index contributed by atoms with van der Waals surface area (Å²) in [5.41, 5.74) is 21.8. The summed E-state index contributed by atoms with van der Waals surface area (Å²) in [6, 6.07) is 23.5. The third-order valence-electron chi connectivity index (χ3n) is 16.8. The Morgan fingerprint density at radius 2 is 0.944 bits per heavy atom. The highest BCUT2D eigenvalue weighted by molar-refractivity contribution is 7.91. The van der Waals surface area contributed by atoms with E-state index in [1.54, 1.807) is 65.2 Å². The average molecular weight is 1630 g/mol. The molecule has 0 amide bonds. The number of pyridine rings is 3. The van der Waals surface area contributed by atoms with Crippen molar-refractivity contribution in [2.75, 3.05) is 92.7 Å². The first-order valence-electron chi connectivity index (χ1n) is 35.3. The molecule has 0 aliphatic heterocycles. The number of nitrogens with zero attached hydrogens (tertiary/aromatic N) is 10. The maximum atomic E-state index is 11.9. The minimum atomic E-state index is -3.10. The number of unbranched alkanes of at least 4 members (excludes halogenated alkanes) is 3. The number of ether oxygens (including phenoxy) is 4. The summed E-state index contributed by atoms with van der Waals surface area (Å²) in [6.07, 6.45) is 19.0. The highest BCUT2D eigenvalue weighted by Crippen LogP contribution is 2.32. The van der Waals surface area contributed by atoms with Gasteiger partial charge in [-0.3, -0.25) is 19.9 Å². The van der Waals surface area contributed by atoms with E-state index >= 15 is 0 Å². The van der Waals surface area contributed by atoms with Crippen molar-refractivity contribution in [3.63, 3.8) is 0 Å². The lowest BCUT2D eigenvalue weighted by atomic mass is 9.92. The van der Waals surface area contributed by atoms with Gasteiger partial charge in [-0.1, -0.05) is 98.7 Å². The van der Waals surface area contributed by atoms with Gasteiger partial charge in [0.2, 0.25) is 17.2 Å². The molecule has 610 valence electrons. The van der Waals surface area contributed by atoms with Crippen molar-refractivity contribution >= 4 is 122 Å². The van der Waals surface area contributed by atoms with Gasteiger partial charge >= 0.3 is 0 Å². The van der Waals surface area contributed by atoms with Gasteiger partial charge in [0.15, 0.2) is 16.8 Å². The van der Waals surface area contributed by atoms with E-state index in [0.29, 0.717) is 107 Å². The van der Waals surface area contributed by atoms with Crippen LogP contribution in [0.3, 0.4) is 0 Å². The zero-order valence-electron chi connectivity index (χ0n) is 65.2. The molecule has 0 bridgehead atoms. The van der Waals surface area contributed by atoms with Crippen LogP contribution in [-0.4, -0.2) is 175 Å². The third kappa shape index (κ3) is 37.5. The molecule has 0 spiro atoms. The van der Waals surface area contributed by atoms with Crippen molar-refractivity contribution in [2.45, 2.75) is 210 Å². The number of benzene rings is 2. The molecular formula is C76H127Cl3N16O10S3. The monoisotopic (exact) mass is 1630 g/mol. The van der Waals surface area contributed by atoms with Gasteiger partial charge in [-0.25, -0.2) is 45.2 Å². The molecule has 0 aliphatic carbocycles. The van der Waals surface area contributed by atoms with Gasteiger partial charge in [0, 0.05) is 104 Å². The topological polar surface area (TPSA) is 373 Å². The van der Waals surface area contributed by atoms with Gasteiger partial charge in [0.1, 0.15) is 69.1 Å². The number of sulfone groups is 3. The van der Waals surface area contributed by atoms with Crippen molar-refractivity contribution in [3.05, 3.63) is 113 Å². The lowest BCUT2D eigenvalue weighted by Gasteiger charge is -2.32. The Morgan fingerprint density at radius 3 is 1.35 bits per heavy atom. The number of hydrogen-bond acceptors (Lipinski definition) is 26. The predicted molar refractivity (Wildman–Crippen MR) is 454 cm³/mol. The van der Waals surface area contributed by atoms with Crippen LogP contribution in [0.25, 0.3) is 33.1 Å². The van der Waals surface area contributed by atoms with Crippen LogP contribution in [0.15, 0.2) is 91.4 Å². The molecule has 108 heavy (non-hydrogen) atoms. The number of halogens is 3. The average Bonchev–Trinajstić information content (AvgIpc) is 0.803. The Morgan fingerprint density at radius 1 is 0.537 bits per heavy atom. The first-order valence-corrected chi connectivity index (χ1v) is 42.2. The quantitative estimate of drug-likeness (QED) is 0.0164. The van der Waals surface area contributed by atoms with Gasteiger partial charge in [-0.2, -0.15) is 9.97 Å². The van der Waals surface area contributed by atoms with Gasteiger partial charge in [-0.15, -0.1) is 12.4 Å². The summed E-state index contributed by atoms with van der Waals surface area (Å²) in [5, 5.41) is 10.6. The number of aromatic nitrogens is 9. The number of fused-ring (bicyclic) bond motifs is 3. The normalized spacial score (nSPS) is 12.8. The lowest BCUT2D eigenvalue weighted by Crippen LogP contribution is -2.37. The Hall–Kier alpha value is -7.09. The lowest BCUT2D eigenvalue weighted by molar-refractivity contribution is 0.185. The number of rotatable bonds is 33. The Kier molecular flexibility index (Phi) is 46.0.